The molecule has 0 unspecified atom stereocenters. The molecule has 5 nitrogen and oxygen atoms in total. The number of nitrogens with zero attached hydrogens (tertiary/aromatic N) is 3. The van der Waals surface area contributed by atoms with Crippen molar-refractivity contribution in [3.8, 4) is 17.9 Å². The Morgan fingerprint density at radius 1 is 0.564 bits per heavy atom. The van der Waals surface area contributed by atoms with Gasteiger partial charge in [0.05, 0.1) is 24.8 Å². The second-order valence-corrected chi connectivity index (χ2v) is 7.44. The molecule has 4 aromatic carbocycles. The lowest BCUT2D eigenvalue weighted by molar-refractivity contribution is 0.277. The summed E-state index contributed by atoms with van der Waals surface area (Å²) in [5.41, 5.74) is 4.76. The molecule has 39 heavy (non-hydrogen) atoms. The van der Waals surface area contributed by atoms with E-state index in [1.165, 1.54) is 0 Å². The van der Waals surface area contributed by atoms with Crippen LogP contribution >= 0.6 is 0 Å². The predicted octanol–water partition coefficient (Wildman–Crippen LogP) is 8.27. The van der Waals surface area contributed by atoms with Gasteiger partial charge in [-0.2, -0.15) is 5.26 Å². The summed E-state index contributed by atoms with van der Waals surface area (Å²) in [6, 6.07) is 36.4. The molecule has 0 aromatic heterocycles. The van der Waals surface area contributed by atoms with Crippen LogP contribution < -0.4 is 0 Å². The number of hydrogen-bond donors (Lipinski definition) is 0. The van der Waals surface area contributed by atoms with Gasteiger partial charge in [0.2, 0.25) is 0 Å². The van der Waals surface area contributed by atoms with E-state index in [0.29, 0.717) is 11.4 Å². The van der Waals surface area contributed by atoms with Gasteiger partial charge in [-0.15, -0.1) is 0 Å². The van der Waals surface area contributed by atoms with Crippen molar-refractivity contribution in [2.45, 2.75) is 6.92 Å². The Hall–Kier alpha value is -5.17. The highest BCUT2D eigenvalue weighted by Crippen LogP contribution is 2.26. The van der Waals surface area contributed by atoms with Crippen LogP contribution in [0.3, 0.4) is 0 Å². The van der Waals surface area contributed by atoms with E-state index in [2.05, 4.69) is 37.1 Å². The lowest BCUT2D eigenvalue weighted by atomic mass is 10.1. The van der Waals surface area contributed by atoms with E-state index in [1.807, 2.05) is 91.9 Å². The van der Waals surface area contributed by atoms with Gasteiger partial charge < -0.3 is 9.47 Å². The molecule has 0 fully saturated rings. The van der Waals surface area contributed by atoms with Gasteiger partial charge in [-0.25, -0.2) is 0 Å². The lowest BCUT2D eigenvalue weighted by Gasteiger charge is -1.90. The van der Waals surface area contributed by atoms with Crippen molar-refractivity contribution in [1.82, 2.24) is 0 Å². The number of hydrogen-bond acceptors (Lipinski definition) is 3. The Labute approximate surface area is 233 Å². The average Bonchev–Trinajstić information content (AvgIpc) is 2.99. The summed E-state index contributed by atoms with van der Waals surface area (Å²) in [6.45, 7) is 15.3. The van der Waals surface area contributed by atoms with Gasteiger partial charge in [0.15, 0.2) is 11.4 Å². The second-order valence-electron chi connectivity index (χ2n) is 7.44. The Balaban J connectivity index is 0.000000515. The zero-order chi connectivity index (χ0) is 29.1. The molecule has 0 aliphatic rings. The SMILES string of the molecule is C(#Cc1ccccc1)c1ccccc1.COC.COC.Cc1ccccc1C#N.[C-]#[N+]c1ccccc1[N+]#[C-]. The van der Waals surface area contributed by atoms with Crippen molar-refractivity contribution in [1.29, 1.82) is 5.26 Å². The minimum Gasteiger partial charge on any atom is -0.388 e. The molecule has 0 radical (unpaired) electrons. The van der Waals surface area contributed by atoms with E-state index in [9.17, 15) is 0 Å². The number of para-hydroxylation sites is 2. The van der Waals surface area contributed by atoms with Crippen molar-refractivity contribution in [2.24, 2.45) is 0 Å². The fraction of sp³-hybridized carbons (Fsp3) is 0.147. The Bertz CT molecular complexity index is 1310. The molecular formula is C34H33N3O2. The van der Waals surface area contributed by atoms with Crippen LogP contribution in [0, 0.1) is 43.2 Å². The second kappa shape index (κ2) is 23.2. The van der Waals surface area contributed by atoms with Gasteiger partial charge in [-0.3, -0.25) is 9.69 Å². The van der Waals surface area contributed by atoms with Gasteiger partial charge in [0, 0.05) is 39.6 Å². The van der Waals surface area contributed by atoms with Crippen LogP contribution in [0.2, 0.25) is 0 Å². The van der Waals surface area contributed by atoms with Crippen molar-refractivity contribution < 1.29 is 9.47 Å². The Morgan fingerprint density at radius 3 is 1.21 bits per heavy atom. The Kier molecular flexibility index (Phi) is 20.2. The third-order valence-electron chi connectivity index (χ3n) is 4.29. The normalized spacial score (nSPS) is 8.05. The highest BCUT2D eigenvalue weighted by Gasteiger charge is 1.96. The molecule has 196 valence electrons. The average molecular weight is 516 g/mol. The largest absolute Gasteiger partial charge is 0.388 e. The fourth-order valence-corrected chi connectivity index (χ4v) is 2.54. The molecule has 0 aliphatic heterocycles. The van der Waals surface area contributed by atoms with Crippen molar-refractivity contribution in [2.75, 3.05) is 28.4 Å². The summed E-state index contributed by atoms with van der Waals surface area (Å²) in [6.07, 6.45) is 0. The third kappa shape index (κ3) is 16.2. The third-order valence-corrected chi connectivity index (χ3v) is 4.29. The molecule has 0 atom stereocenters. The monoisotopic (exact) mass is 515 g/mol. The van der Waals surface area contributed by atoms with Gasteiger partial charge in [0.25, 0.3) is 0 Å². The molecule has 0 bridgehead atoms. The first-order chi connectivity index (χ1) is 19.0. The maximum Gasteiger partial charge on any atom is 0.194 e. The fourth-order valence-electron chi connectivity index (χ4n) is 2.54. The summed E-state index contributed by atoms with van der Waals surface area (Å²) < 4.78 is 8.50. The van der Waals surface area contributed by atoms with Crippen LogP contribution in [-0.2, 0) is 9.47 Å². The van der Waals surface area contributed by atoms with Crippen LogP contribution in [0.25, 0.3) is 9.69 Å². The van der Waals surface area contributed by atoms with E-state index in [1.54, 1.807) is 52.7 Å². The molecule has 0 spiro atoms. The molecular weight excluding hydrogens is 482 g/mol. The van der Waals surface area contributed by atoms with Crippen molar-refractivity contribution in [3.05, 3.63) is 154 Å². The standard InChI is InChI=1S/C14H10.C8H4N2.C8H7N.2C2H6O/c1-3-7-13(8-4-1)11-12-14-9-5-2-6-10-14;1-9-7-5-3-4-6-8(7)10-2;1-7-4-2-3-5-8(7)6-9;2*1-3-2/h1-10H;3-6H;2-5H,1H3;2*1-2H3. The van der Waals surface area contributed by atoms with Crippen LogP contribution in [0.5, 0.6) is 0 Å². The summed E-state index contributed by atoms with van der Waals surface area (Å²) in [4.78, 5) is 6.36. The number of methoxy groups -OCH3 is 2. The zero-order valence-electron chi connectivity index (χ0n) is 23.1. The highest BCUT2D eigenvalue weighted by atomic mass is 16.5. The summed E-state index contributed by atoms with van der Waals surface area (Å²) in [7, 11) is 6.50. The summed E-state index contributed by atoms with van der Waals surface area (Å²) >= 11 is 0. The Morgan fingerprint density at radius 2 is 0.897 bits per heavy atom. The quantitative estimate of drug-likeness (QED) is 0.175. The van der Waals surface area contributed by atoms with E-state index in [0.717, 1.165) is 22.3 Å². The number of benzene rings is 4. The van der Waals surface area contributed by atoms with E-state index >= 15 is 0 Å². The number of rotatable bonds is 0. The van der Waals surface area contributed by atoms with Crippen LogP contribution in [0.1, 0.15) is 22.3 Å². The molecule has 0 N–H and O–H groups in total. The zero-order valence-corrected chi connectivity index (χ0v) is 23.1. The van der Waals surface area contributed by atoms with Gasteiger partial charge in [0.1, 0.15) is 0 Å². The molecule has 0 aliphatic carbocycles. The molecule has 0 saturated carbocycles. The predicted molar refractivity (Wildman–Crippen MR) is 160 cm³/mol. The van der Waals surface area contributed by atoms with Crippen molar-refractivity contribution >= 4 is 11.4 Å². The molecule has 0 heterocycles. The van der Waals surface area contributed by atoms with Crippen molar-refractivity contribution in [3.63, 3.8) is 0 Å². The molecule has 4 rings (SSSR count). The maximum atomic E-state index is 8.47. The van der Waals surface area contributed by atoms with Crippen LogP contribution in [0.4, 0.5) is 11.4 Å². The first-order valence-corrected chi connectivity index (χ1v) is 11.7. The van der Waals surface area contributed by atoms with Crippen LogP contribution in [-0.4, -0.2) is 28.4 Å². The van der Waals surface area contributed by atoms with Gasteiger partial charge in [-0.05, 0) is 42.8 Å². The summed E-state index contributed by atoms with van der Waals surface area (Å²) in [5, 5.41) is 8.47. The molecule has 0 amide bonds. The number of ether oxygens (including phenoxy) is 2. The van der Waals surface area contributed by atoms with E-state index in [-0.39, 0.29) is 0 Å². The maximum absolute atomic E-state index is 8.47. The van der Waals surface area contributed by atoms with Crippen LogP contribution in [0.15, 0.2) is 109 Å². The topological polar surface area (TPSA) is 51.0 Å². The minimum absolute atomic E-state index is 0.428. The van der Waals surface area contributed by atoms with Gasteiger partial charge in [-0.1, -0.05) is 90.7 Å². The van der Waals surface area contributed by atoms with E-state index < -0.39 is 0 Å². The molecule has 0 saturated heterocycles. The molecule has 5 heteroatoms. The number of aryl methyl sites for hydroxylation is 1. The molecule has 4 aromatic rings. The first-order valence-electron chi connectivity index (χ1n) is 11.7. The first kappa shape index (κ1) is 33.8. The minimum atomic E-state index is 0.428. The summed E-state index contributed by atoms with van der Waals surface area (Å²) in [5.74, 6) is 6.22. The highest BCUT2D eigenvalue weighted by molar-refractivity contribution is 5.69. The van der Waals surface area contributed by atoms with Gasteiger partial charge >= 0.3 is 0 Å². The smallest absolute Gasteiger partial charge is 0.194 e. The van der Waals surface area contributed by atoms with E-state index in [4.69, 9.17) is 18.4 Å². The number of nitriles is 1. The lowest BCUT2D eigenvalue weighted by Crippen LogP contribution is -1.77.